The minimum atomic E-state index is -2.13. The summed E-state index contributed by atoms with van der Waals surface area (Å²) in [7, 11) is -2.13. The number of hydrogen-bond donors (Lipinski definition) is 2. The summed E-state index contributed by atoms with van der Waals surface area (Å²) in [4.78, 5) is 24.4. The van der Waals surface area contributed by atoms with Crippen molar-refractivity contribution in [2.45, 2.75) is 117 Å². The average Bonchev–Trinajstić information content (AvgIpc) is 2.93. The second-order valence-corrected chi connectivity index (χ2v) is 19.6. The zero-order valence-electron chi connectivity index (χ0n) is 28.1. The Labute approximate surface area is 264 Å². The zero-order chi connectivity index (χ0) is 32.3. The van der Waals surface area contributed by atoms with Gasteiger partial charge in [-0.05, 0) is 88.4 Å². The van der Waals surface area contributed by atoms with E-state index in [1.807, 2.05) is 33.0 Å². The van der Waals surface area contributed by atoms with Crippen LogP contribution in [-0.4, -0.2) is 55.2 Å². The van der Waals surface area contributed by atoms with Crippen molar-refractivity contribution >= 4 is 31.4 Å². The first-order chi connectivity index (χ1) is 20.5. The smallest absolute Gasteiger partial charge is 0.408 e. The third-order valence-corrected chi connectivity index (χ3v) is 13.4. The number of carbonyl (C=O) groups excluding carboxylic acids is 1. The van der Waals surface area contributed by atoms with E-state index >= 15 is 0 Å². The van der Waals surface area contributed by atoms with Crippen molar-refractivity contribution in [3.8, 4) is 0 Å². The largest absolute Gasteiger partial charge is 0.444 e. The number of anilines is 2. The van der Waals surface area contributed by atoms with E-state index in [1.54, 1.807) is 12.3 Å². The summed E-state index contributed by atoms with van der Waals surface area (Å²) in [6.07, 6.45) is 9.14. The van der Waals surface area contributed by atoms with Gasteiger partial charge in [-0.25, -0.2) is 14.2 Å². The predicted octanol–water partition coefficient (Wildman–Crippen LogP) is 7.93. The summed E-state index contributed by atoms with van der Waals surface area (Å²) in [5.74, 6) is -0.145. The Balaban J connectivity index is 1.56. The second-order valence-electron chi connectivity index (χ2n) is 14.8. The van der Waals surface area contributed by atoms with Crippen LogP contribution in [0.5, 0.6) is 0 Å². The molecule has 0 aromatic carbocycles. The van der Waals surface area contributed by atoms with Gasteiger partial charge in [0, 0.05) is 25.2 Å². The first-order valence-electron chi connectivity index (χ1n) is 16.0. The number of hydrogen-bond acceptors (Lipinski definition) is 7. The first kappa shape index (κ1) is 33.9. The van der Waals surface area contributed by atoms with Crippen molar-refractivity contribution in [2.75, 3.05) is 23.3 Å². The Hall–Kier alpha value is -2.98. The van der Waals surface area contributed by atoms with Crippen LogP contribution in [0.25, 0.3) is 5.57 Å². The number of nitrogens with zero attached hydrogens (tertiary/aromatic N) is 3. The number of halogens is 1. The van der Waals surface area contributed by atoms with Crippen LogP contribution in [-0.2, 0) is 15.7 Å². The van der Waals surface area contributed by atoms with Crippen LogP contribution < -0.4 is 15.5 Å². The molecule has 2 aromatic rings. The molecule has 0 bridgehead atoms. The van der Waals surface area contributed by atoms with Gasteiger partial charge >= 0.3 is 6.09 Å². The molecule has 1 aliphatic carbocycles. The Morgan fingerprint density at radius 3 is 2.52 bits per heavy atom. The van der Waals surface area contributed by atoms with Crippen LogP contribution in [0.15, 0.2) is 36.7 Å². The van der Waals surface area contributed by atoms with E-state index in [2.05, 4.69) is 72.4 Å². The molecule has 1 aliphatic heterocycles. The standard InChI is InChI=1S/C34H52FN5O3Si/c1-23-21-40(22-28(39-32(41)42-33(2,3)4)31(23)43-44(8,9)34(5,6)7)29-17-18-36-20-27(29)37-19-25-15-16-26(35)30(38-25)24-13-11-10-12-14-24/h13,15-18,20,23,28,31,37H,10-12,14,19,21-22H2,1-9H3,(H,39,41)/t23-,28+,31+/m0/s1. The van der Waals surface area contributed by atoms with E-state index in [9.17, 15) is 9.18 Å². The Morgan fingerprint density at radius 1 is 1.11 bits per heavy atom. The molecule has 44 heavy (non-hydrogen) atoms. The monoisotopic (exact) mass is 625 g/mol. The summed E-state index contributed by atoms with van der Waals surface area (Å²) in [6.45, 7) is 20.7. The molecule has 2 N–H and O–H groups in total. The normalized spacial score (nSPS) is 21.5. The molecule has 4 rings (SSSR count). The molecule has 242 valence electrons. The third kappa shape index (κ3) is 8.59. The number of amides is 1. The van der Waals surface area contributed by atoms with E-state index in [4.69, 9.17) is 9.16 Å². The van der Waals surface area contributed by atoms with E-state index in [0.717, 1.165) is 54.9 Å². The predicted molar refractivity (Wildman–Crippen MR) is 179 cm³/mol. The van der Waals surface area contributed by atoms with Crippen LogP contribution in [0.1, 0.15) is 85.5 Å². The number of alkyl carbamates (subject to hydrolysis) is 1. The average molecular weight is 626 g/mol. The number of nitrogens with one attached hydrogen (secondary N) is 2. The van der Waals surface area contributed by atoms with E-state index in [-0.39, 0.29) is 28.9 Å². The van der Waals surface area contributed by atoms with Gasteiger partial charge in [0.2, 0.25) is 0 Å². The van der Waals surface area contributed by atoms with E-state index < -0.39 is 20.0 Å². The van der Waals surface area contributed by atoms with Gasteiger partial charge in [-0.1, -0.05) is 33.8 Å². The maximum absolute atomic E-state index is 14.7. The van der Waals surface area contributed by atoms with Crippen LogP contribution in [0, 0.1) is 11.7 Å². The molecule has 1 amide bonds. The Kier molecular flexibility index (Phi) is 10.5. The molecule has 8 nitrogen and oxygen atoms in total. The van der Waals surface area contributed by atoms with Gasteiger partial charge in [-0.2, -0.15) is 0 Å². The third-order valence-electron chi connectivity index (χ3n) is 8.92. The first-order valence-corrected chi connectivity index (χ1v) is 18.9. The summed E-state index contributed by atoms with van der Waals surface area (Å²) in [5.41, 5.74) is 3.45. The molecule has 1 fully saturated rings. The fraction of sp³-hybridized carbons (Fsp3) is 0.618. The molecular formula is C34H52FN5O3Si. The van der Waals surface area contributed by atoms with Gasteiger partial charge in [0.05, 0.1) is 42.0 Å². The quantitative estimate of drug-likeness (QED) is 0.288. The fourth-order valence-electron chi connectivity index (χ4n) is 5.61. The van der Waals surface area contributed by atoms with Gasteiger partial charge in [-0.15, -0.1) is 0 Å². The number of allylic oxidation sites excluding steroid dienone is 2. The van der Waals surface area contributed by atoms with Crippen molar-refractivity contribution in [3.63, 3.8) is 0 Å². The number of rotatable bonds is 8. The molecule has 0 spiro atoms. The van der Waals surface area contributed by atoms with Crippen LogP contribution in [0.3, 0.4) is 0 Å². The van der Waals surface area contributed by atoms with Gasteiger partial charge in [0.1, 0.15) is 17.1 Å². The zero-order valence-corrected chi connectivity index (χ0v) is 29.1. The molecule has 0 radical (unpaired) electrons. The Bertz CT molecular complexity index is 1340. The lowest BCUT2D eigenvalue weighted by Gasteiger charge is -2.48. The van der Waals surface area contributed by atoms with Crippen molar-refractivity contribution in [3.05, 3.63) is 53.9 Å². The maximum Gasteiger partial charge on any atom is 0.408 e. The molecule has 1 saturated heterocycles. The van der Waals surface area contributed by atoms with Crippen molar-refractivity contribution in [2.24, 2.45) is 5.92 Å². The topological polar surface area (TPSA) is 88.6 Å². The van der Waals surface area contributed by atoms with E-state index in [0.29, 0.717) is 18.8 Å². The van der Waals surface area contributed by atoms with Gasteiger partial charge in [-0.3, -0.25) is 4.98 Å². The molecule has 10 heteroatoms. The highest BCUT2D eigenvalue weighted by Gasteiger charge is 2.45. The van der Waals surface area contributed by atoms with Gasteiger partial charge in [0.25, 0.3) is 0 Å². The highest BCUT2D eigenvalue weighted by molar-refractivity contribution is 6.74. The van der Waals surface area contributed by atoms with Crippen LogP contribution >= 0.6 is 0 Å². The number of aromatic nitrogens is 2. The summed E-state index contributed by atoms with van der Waals surface area (Å²) < 4.78 is 27.3. The number of carbonyl (C=O) groups is 1. The summed E-state index contributed by atoms with van der Waals surface area (Å²) in [5, 5.41) is 6.69. The summed E-state index contributed by atoms with van der Waals surface area (Å²) in [6, 6.07) is 4.96. The van der Waals surface area contributed by atoms with E-state index in [1.165, 1.54) is 6.07 Å². The fourth-order valence-corrected chi connectivity index (χ4v) is 7.04. The number of piperidine rings is 1. The van der Waals surface area contributed by atoms with Gasteiger partial charge < -0.3 is 24.7 Å². The molecule has 0 saturated carbocycles. The lowest BCUT2D eigenvalue weighted by Crippen LogP contribution is -2.62. The molecule has 3 heterocycles. The molecular weight excluding hydrogens is 573 g/mol. The lowest BCUT2D eigenvalue weighted by atomic mass is 9.92. The van der Waals surface area contributed by atoms with Crippen molar-refractivity contribution in [1.82, 2.24) is 15.3 Å². The lowest BCUT2D eigenvalue weighted by molar-refractivity contribution is 0.0336. The van der Waals surface area contributed by atoms with Crippen LogP contribution in [0.4, 0.5) is 20.6 Å². The molecule has 3 atom stereocenters. The highest BCUT2D eigenvalue weighted by Crippen LogP contribution is 2.40. The highest BCUT2D eigenvalue weighted by atomic mass is 28.4. The molecule has 2 aliphatic rings. The minimum Gasteiger partial charge on any atom is -0.444 e. The minimum absolute atomic E-state index is 0.0320. The molecule has 2 aromatic heterocycles. The maximum atomic E-state index is 14.7. The van der Waals surface area contributed by atoms with Crippen LogP contribution in [0.2, 0.25) is 18.1 Å². The van der Waals surface area contributed by atoms with Gasteiger partial charge in [0.15, 0.2) is 8.32 Å². The Morgan fingerprint density at radius 2 is 1.86 bits per heavy atom. The number of pyridine rings is 2. The van der Waals surface area contributed by atoms with Crippen molar-refractivity contribution < 1.29 is 18.3 Å². The summed E-state index contributed by atoms with van der Waals surface area (Å²) >= 11 is 0. The van der Waals surface area contributed by atoms with Crippen molar-refractivity contribution in [1.29, 1.82) is 0 Å². The SMILES string of the molecule is C[C@H]1CN(c2ccncc2NCc2ccc(F)c(C3=CCCCC3)n2)C[C@@H](NC(=O)OC(C)(C)C)[C@@H]1O[Si](C)(C)C(C)(C)C. The number of ether oxygens (including phenoxy) is 1. The second kappa shape index (κ2) is 13.6. The molecule has 0 unspecified atom stereocenters.